The van der Waals surface area contributed by atoms with E-state index in [1.807, 2.05) is 37.3 Å². The molecule has 0 bridgehead atoms. The Bertz CT molecular complexity index is 621. The van der Waals surface area contributed by atoms with Gasteiger partial charge in [-0.15, -0.1) is 0 Å². The number of rotatable bonds is 3. The van der Waals surface area contributed by atoms with E-state index in [2.05, 4.69) is 5.32 Å². The van der Waals surface area contributed by atoms with Crippen molar-refractivity contribution in [2.75, 3.05) is 5.32 Å². The van der Waals surface area contributed by atoms with Crippen molar-refractivity contribution < 1.29 is 0 Å². The van der Waals surface area contributed by atoms with Crippen molar-refractivity contribution in [1.29, 1.82) is 0 Å². The standard InChI is InChI=1S/C14H12Cl2N2S/c1-8-4-11(2-3-13(8)14(17)19)18-12-6-9(15)5-10(16)7-12/h2-7,18H,1H3,(H2,17,19). The molecule has 5 heteroatoms. The number of hydrogen-bond acceptors (Lipinski definition) is 2. The van der Waals surface area contributed by atoms with Crippen LogP contribution >= 0.6 is 35.4 Å². The summed E-state index contributed by atoms with van der Waals surface area (Å²) in [5, 5.41) is 4.42. The molecule has 0 atom stereocenters. The van der Waals surface area contributed by atoms with E-state index in [0.29, 0.717) is 15.0 Å². The third-order valence-corrected chi connectivity index (χ3v) is 3.30. The zero-order chi connectivity index (χ0) is 14.0. The lowest BCUT2D eigenvalue weighted by atomic mass is 10.1. The van der Waals surface area contributed by atoms with Crippen LogP contribution < -0.4 is 11.1 Å². The van der Waals surface area contributed by atoms with Crippen LogP contribution in [0.1, 0.15) is 11.1 Å². The van der Waals surface area contributed by atoms with Crippen LogP contribution in [0.5, 0.6) is 0 Å². The van der Waals surface area contributed by atoms with Crippen molar-refractivity contribution in [3.63, 3.8) is 0 Å². The third kappa shape index (κ3) is 3.60. The van der Waals surface area contributed by atoms with Crippen molar-refractivity contribution in [3.8, 4) is 0 Å². The van der Waals surface area contributed by atoms with Gasteiger partial charge in [-0.3, -0.25) is 0 Å². The maximum absolute atomic E-state index is 5.96. The van der Waals surface area contributed by atoms with Gasteiger partial charge in [0.2, 0.25) is 0 Å². The lowest BCUT2D eigenvalue weighted by Crippen LogP contribution is -2.11. The SMILES string of the molecule is Cc1cc(Nc2cc(Cl)cc(Cl)c2)ccc1C(N)=S. The largest absolute Gasteiger partial charge is 0.389 e. The van der Waals surface area contributed by atoms with E-state index in [4.69, 9.17) is 41.2 Å². The molecule has 2 nitrogen and oxygen atoms in total. The van der Waals surface area contributed by atoms with Crippen LogP contribution in [0.2, 0.25) is 10.0 Å². The molecule has 0 aliphatic carbocycles. The third-order valence-electron chi connectivity index (χ3n) is 2.64. The number of nitrogens with one attached hydrogen (secondary N) is 1. The van der Waals surface area contributed by atoms with E-state index in [-0.39, 0.29) is 0 Å². The number of anilines is 2. The van der Waals surface area contributed by atoms with Gasteiger partial charge in [-0.1, -0.05) is 35.4 Å². The number of thiocarbonyl (C=S) groups is 1. The average molecular weight is 311 g/mol. The second-order valence-corrected chi connectivity index (χ2v) is 5.49. The monoisotopic (exact) mass is 310 g/mol. The Kier molecular flexibility index (Phi) is 4.30. The van der Waals surface area contributed by atoms with Crippen molar-refractivity contribution in [3.05, 3.63) is 57.6 Å². The fourth-order valence-corrected chi connectivity index (χ4v) is 2.57. The topological polar surface area (TPSA) is 38.0 Å². The molecule has 0 aromatic heterocycles. The summed E-state index contributed by atoms with van der Waals surface area (Å²) in [7, 11) is 0. The molecule has 2 rings (SSSR count). The molecule has 0 aliphatic rings. The minimum atomic E-state index is 0.398. The van der Waals surface area contributed by atoms with E-state index in [1.54, 1.807) is 6.07 Å². The molecule has 3 N–H and O–H groups in total. The zero-order valence-corrected chi connectivity index (χ0v) is 12.5. The fraction of sp³-hybridized carbons (Fsp3) is 0.0714. The summed E-state index contributed by atoms with van der Waals surface area (Å²) >= 11 is 16.9. The van der Waals surface area contributed by atoms with Crippen LogP contribution in [0.4, 0.5) is 11.4 Å². The maximum Gasteiger partial charge on any atom is 0.104 e. The summed E-state index contributed by atoms with van der Waals surface area (Å²) in [5.74, 6) is 0. The predicted octanol–water partition coefficient (Wildman–Crippen LogP) is 4.68. The van der Waals surface area contributed by atoms with Gasteiger partial charge in [0.05, 0.1) is 0 Å². The summed E-state index contributed by atoms with van der Waals surface area (Å²) in [6, 6.07) is 11.1. The molecule has 0 aliphatic heterocycles. The lowest BCUT2D eigenvalue weighted by molar-refractivity contribution is 1.42. The Morgan fingerprint density at radius 2 is 1.68 bits per heavy atom. The van der Waals surface area contributed by atoms with E-state index >= 15 is 0 Å². The number of benzene rings is 2. The highest BCUT2D eigenvalue weighted by atomic mass is 35.5. The molecular formula is C14H12Cl2N2S. The Morgan fingerprint density at radius 1 is 1.05 bits per heavy atom. The van der Waals surface area contributed by atoms with E-state index in [1.165, 1.54) is 0 Å². The van der Waals surface area contributed by atoms with Gasteiger partial charge in [0.25, 0.3) is 0 Å². The number of nitrogens with two attached hydrogens (primary N) is 1. The summed E-state index contributed by atoms with van der Waals surface area (Å²) in [6.07, 6.45) is 0. The van der Waals surface area contributed by atoms with Gasteiger partial charge in [0, 0.05) is 27.0 Å². The Labute approximate surface area is 127 Å². The molecular weight excluding hydrogens is 299 g/mol. The van der Waals surface area contributed by atoms with Crippen molar-refractivity contribution in [1.82, 2.24) is 0 Å². The smallest absolute Gasteiger partial charge is 0.104 e. The van der Waals surface area contributed by atoms with Crippen LogP contribution in [0.3, 0.4) is 0 Å². The maximum atomic E-state index is 5.96. The van der Waals surface area contributed by atoms with Crippen LogP contribution in [-0.4, -0.2) is 4.99 Å². The minimum Gasteiger partial charge on any atom is -0.389 e. The Hall–Kier alpha value is -1.29. The van der Waals surface area contributed by atoms with Crippen LogP contribution in [-0.2, 0) is 0 Å². The normalized spacial score (nSPS) is 10.3. The second kappa shape index (κ2) is 5.78. The van der Waals surface area contributed by atoms with Gasteiger partial charge in [-0.2, -0.15) is 0 Å². The Morgan fingerprint density at radius 3 is 2.21 bits per heavy atom. The molecule has 0 saturated heterocycles. The average Bonchev–Trinajstić information content (AvgIpc) is 2.26. The highest BCUT2D eigenvalue weighted by Gasteiger charge is 2.04. The summed E-state index contributed by atoms with van der Waals surface area (Å²) in [6.45, 7) is 1.96. The van der Waals surface area contributed by atoms with E-state index in [0.717, 1.165) is 22.5 Å². The molecule has 0 spiro atoms. The molecule has 98 valence electrons. The summed E-state index contributed by atoms with van der Waals surface area (Å²) < 4.78 is 0. The van der Waals surface area contributed by atoms with Crippen molar-refractivity contribution >= 4 is 51.8 Å². The van der Waals surface area contributed by atoms with Crippen LogP contribution in [0.15, 0.2) is 36.4 Å². The molecule has 0 saturated carbocycles. The molecule has 0 heterocycles. The molecule has 2 aromatic carbocycles. The molecule has 0 radical (unpaired) electrons. The number of aryl methyl sites for hydroxylation is 1. The highest BCUT2D eigenvalue weighted by Crippen LogP contribution is 2.26. The highest BCUT2D eigenvalue weighted by molar-refractivity contribution is 7.80. The van der Waals surface area contributed by atoms with Gasteiger partial charge < -0.3 is 11.1 Å². The quantitative estimate of drug-likeness (QED) is 0.808. The first-order valence-electron chi connectivity index (χ1n) is 5.59. The van der Waals surface area contributed by atoms with Crippen molar-refractivity contribution in [2.45, 2.75) is 6.92 Å². The molecule has 0 unspecified atom stereocenters. The number of halogens is 2. The molecule has 0 fully saturated rings. The lowest BCUT2D eigenvalue weighted by Gasteiger charge is -2.10. The summed E-state index contributed by atoms with van der Waals surface area (Å²) in [5.41, 5.74) is 9.29. The van der Waals surface area contributed by atoms with Gasteiger partial charge in [-0.25, -0.2) is 0 Å². The Balaban J connectivity index is 2.28. The molecule has 0 amide bonds. The molecule has 2 aromatic rings. The molecule has 19 heavy (non-hydrogen) atoms. The van der Waals surface area contributed by atoms with Crippen LogP contribution in [0.25, 0.3) is 0 Å². The van der Waals surface area contributed by atoms with Gasteiger partial charge in [0.15, 0.2) is 0 Å². The van der Waals surface area contributed by atoms with Gasteiger partial charge in [-0.05, 0) is 48.9 Å². The minimum absolute atomic E-state index is 0.398. The first kappa shape index (κ1) is 14.1. The second-order valence-electron chi connectivity index (χ2n) is 4.18. The number of hydrogen-bond donors (Lipinski definition) is 2. The summed E-state index contributed by atoms with van der Waals surface area (Å²) in [4.78, 5) is 0.398. The van der Waals surface area contributed by atoms with Crippen LogP contribution in [0, 0.1) is 6.92 Å². The van der Waals surface area contributed by atoms with E-state index in [9.17, 15) is 0 Å². The van der Waals surface area contributed by atoms with Crippen molar-refractivity contribution in [2.24, 2.45) is 5.73 Å². The van der Waals surface area contributed by atoms with E-state index < -0.39 is 0 Å². The predicted molar refractivity (Wildman–Crippen MR) is 86.8 cm³/mol. The fourth-order valence-electron chi connectivity index (χ4n) is 1.81. The van der Waals surface area contributed by atoms with Gasteiger partial charge in [0.1, 0.15) is 4.99 Å². The first-order valence-corrected chi connectivity index (χ1v) is 6.76. The van der Waals surface area contributed by atoms with Gasteiger partial charge >= 0.3 is 0 Å². The zero-order valence-electron chi connectivity index (χ0n) is 10.2. The first-order chi connectivity index (χ1) is 8.95.